The number of benzene rings is 1. The van der Waals surface area contributed by atoms with Crippen LogP contribution in [0.4, 0.5) is 5.82 Å². The molecule has 0 N–H and O–H groups in total. The first-order chi connectivity index (χ1) is 20.0. The molecule has 216 valence electrons. The van der Waals surface area contributed by atoms with E-state index in [2.05, 4.69) is 10.1 Å². The molecule has 4 aromatic rings. The van der Waals surface area contributed by atoms with Crippen LogP contribution in [-0.4, -0.2) is 76.3 Å². The zero-order valence-electron chi connectivity index (χ0n) is 23.7. The van der Waals surface area contributed by atoms with Crippen LogP contribution in [0.5, 0.6) is 0 Å². The minimum atomic E-state index is -0.544. The zero-order valence-corrected chi connectivity index (χ0v) is 23.7. The van der Waals surface area contributed by atoms with Gasteiger partial charge in [-0.1, -0.05) is 31.4 Å². The van der Waals surface area contributed by atoms with Crippen molar-refractivity contribution in [3.63, 3.8) is 0 Å². The molecule has 3 aromatic heterocycles. The molecule has 1 aromatic carbocycles. The average molecular weight is 561 g/mol. The summed E-state index contributed by atoms with van der Waals surface area (Å²) in [5.41, 5.74) is 3.38. The highest BCUT2D eigenvalue weighted by molar-refractivity contribution is 6.02. The molecule has 1 aliphatic carbocycles. The first-order valence-electron chi connectivity index (χ1n) is 14.0. The second-order valence-electron chi connectivity index (χ2n) is 10.1. The summed E-state index contributed by atoms with van der Waals surface area (Å²) >= 11 is 0. The van der Waals surface area contributed by atoms with Gasteiger partial charge in [0.2, 0.25) is 5.91 Å². The van der Waals surface area contributed by atoms with Gasteiger partial charge < -0.3 is 14.2 Å². The van der Waals surface area contributed by atoms with Crippen LogP contribution in [0.25, 0.3) is 22.6 Å². The zero-order chi connectivity index (χ0) is 28.8. The van der Waals surface area contributed by atoms with Gasteiger partial charge in [0.15, 0.2) is 11.5 Å². The molecule has 5 rings (SSSR count). The van der Waals surface area contributed by atoms with Gasteiger partial charge in [-0.15, -0.1) is 5.10 Å². The van der Waals surface area contributed by atoms with Crippen LogP contribution in [0, 0.1) is 5.92 Å². The van der Waals surface area contributed by atoms with Gasteiger partial charge in [-0.2, -0.15) is 5.10 Å². The summed E-state index contributed by atoms with van der Waals surface area (Å²) in [5.74, 6) is -0.527. The van der Waals surface area contributed by atoms with Crippen LogP contribution in [0.2, 0.25) is 0 Å². The van der Waals surface area contributed by atoms with E-state index >= 15 is 0 Å². The summed E-state index contributed by atoms with van der Waals surface area (Å²) in [6.45, 7) is 2.40. The van der Waals surface area contributed by atoms with Crippen LogP contribution in [0.3, 0.4) is 0 Å². The van der Waals surface area contributed by atoms with Gasteiger partial charge in [-0.3, -0.25) is 9.69 Å². The maximum Gasteiger partial charge on any atom is 0.343 e. The van der Waals surface area contributed by atoms with E-state index in [-0.39, 0.29) is 43.0 Å². The number of anilines is 1. The number of aromatic nitrogens is 5. The lowest BCUT2D eigenvalue weighted by atomic mass is 9.88. The van der Waals surface area contributed by atoms with Crippen molar-refractivity contribution in [2.75, 3.05) is 38.9 Å². The Bertz CT molecular complexity index is 1440. The maximum atomic E-state index is 14.0. The number of fused-ring (bicyclic) bond motifs is 1. The van der Waals surface area contributed by atoms with Crippen molar-refractivity contribution >= 4 is 23.3 Å². The average Bonchev–Trinajstić information content (AvgIpc) is 3.63. The van der Waals surface area contributed by atoms with Crippen LogP contribution in [0.15, 0.2) is 55.0 Å². The topological polar surface area (TPSA) is 113 Å². The third-order valence-electron chi connectivity index (χ3n) is 7.36. The largest absolute Gasteiger partial charge is 0.462 e. The normalized spacial score (nSPS) is 14.0. The fourth-order valence-corrected chi connectivity index (χ4v) is 5.37. The van der Waals surface area contributed by atoms with Gasteiger partial charge in [0.1, 0.15) is 5.56 Å². The molecule has 0 spiro atoms. The van der Waals surface area contributed by atoms with Crippen molar-refractivity contribution in [1.82, 2.24) is 24.4 Å². The molecule has 0 atom stereocenters. The van der Waals surface area contributed by atoms with E-state index in [1.54, 1.807) is 47.6 Å². The minimum absolute atomic E-state index is 0.0737. The molecular weight excluding hydrogens is 524 g/mol. The molecule has 0 radical (unpaired) electrons. The van der Waals surface area contributed by atoms with Crippen LogP contribution >= 0.6 is 0 Å². The van der Waals surface area contributed by atoms with Crippen molar-refractivity contribution in [2.24, 2.45) is 5.92 Å². The van der Waals surface area contributed by atoms with E-state index in [1.807, 2.05) is 42.6 Å². The molecule has 3 heterocycles. The monoisotopic (exact) mass is 560 g/mol. The highest BCUT2D eigenvalue weighted by atomic mass is 16.5. The highest BCUT2D eigenvalue weighted by Crippen LogP contribution is 2.31. The van der Waals surface area contributed by atoms with Gasteiger partial charge in [0.25, 0.3) is 0 Å². The summed E-state index contributed by atoms with van der Waals surface area (Å²) in [7, 11) is 3.16. The summed E-state index contributed by atoms with van der Waals surface area (Å²) in [6.07, 6.45) is 9.92. The molecule has 0 saturated heterocycles. The second kappa shape index (κ2) is 13.0. The number of carbonyl (C=O) groups excluding carboxylic acids is 2. The number of methoxy groups -OCH3 is 2. The number of nitrogens with zero attached hydrogens (tertiary/aromatic N) is 6. The van der Waals surface area contributed by atoms with Crippen molar-refractivity contribution in [2.45, 2.75) is 45.1 Å². The lowest BCUT2D eigenvalue weighted by molar-refractivity contribution is -0.124. The van der Waals surface area contributed by atoms with Crippen molar-refractivity contribution < 1.29 is 23.8 Å². The first kappa shape index (κ1) is 28.4. The highest BCUT2D eigenvalue weighted by Gasteiger charge is 2.36. The lowest BCUT2D eigenvalue weighted by Gasteiger charge is -2.34. The van der Waals surface area contributed by atoms with E-state index in [4.69, 9.17) is 19.3 Å². The van der Waals surface area contributed by atoms with E-state index in [0.717, 1.165) is 49.0 Å². The van der Waals surface area contributed by atoms with Crippen LogP contribution < -0.4 is 4.90 Å². The van der Waals surface area contributed by atoms with Crippen molar-refractivity contribution in [3.05, 3.63) is 60.6 Å². The third-order valence-corrected chi connectivity index (χ3v) is 7.36. The van der Waals surface area contributed by atoms with E-state index in [0.29, 0.717) is 5.69 Å². The minimum Gasteiger partial charge on any atom is -0.462 e. The van der Waals surface area contributed by atoms with Gasteiger partial charge in [-0.05, 0) is 38.0 Å². The SMILES string of the molecule is CCOC(=O)c1cn(-c2ccc(-c3cc4ncccn4n3)cc2)nc1N(C(=O)C1CCCCC1)C(COC)COC. The molecule has 1 aliphatic rings. The number of ether oxygens (including phenoxy) is 3. The number of amides is 1. The van der Waals surface area contributed by atoms with Gasteiger partial charge >= 0.3 is 5.97 Å². The molecule has 0 bridgehead atoms. The van der Waals surface area contributed by atoms with Crippen LogP contribution in [-0.2, 0) is 19.0 Å². The summed E-state index contributed by atoms with van der Waals surface area (Å²) in [4.78, 5) is 33.2. The van der Waals surface area contributed by atoms with Gasteiger partial charge in [0.05, 0.1) is 37.2 Å². The summed E-state index contributed by atoms with van der Waals surface area (Å²) < 4.78 is 19.7. The number of carbonyl (C=O) groups is 2. The first-order valence-corrected chi connectivity index (χ1v) is 14.0. The molecule has 1 saturated carbocycles. The quantitative estimate of drug-likeness (QED) is 0.249. The molecule has 11 nitrogen and oxygen atoms in total. The Labute approximate surface area is 239 Å². The number of hydrogen-bond donors (Lipinski definition) is 0. The Morgan fingerprint density at radius 3 is 2.44 bits per heavy atom. The van der Waals surface area contributed by atoms with Crippen molar-refractivity contribution in [3.8, 4) is 16.9 Å². The third kappa shape index (κ3) is 6.15. The lowest BCUT2D eigenvalue weighted by Crippen LogP contribution is -2.49. The van der Waals surface area contributed by atoms with Gasteiger partial charge in [-0.25, -0.2) is 19.0 Å². The molecule has 1 fully saturated rings. The number of esters is 1. The van der Waals surface area contributed by atoms with E-state index in [1.165, 1.54) is 0 Å². The summed E-state index contributed by atoms with van der Waals surface area (Å²) in [6, 6.07) is 10.9. The van der Waals surface area contributed by atoms with E-state index in [9.17, 15) is 9.59 Å². The fourth-order valence-electron chi connectivity index (χ4n) is 5.37. The molecule has 1 amide bonds. The van der Waals surface area contributed by atoms with Crippen molar-refractivity contribution in [1.29, 1.82) is 0 Å². The second-order valence-corrected chi connectivity index (χ2v) is 10.1. The Morgan fingerprint density at radius 1 is 1.05 bits per heavy atom. The predicted octanol–water partition coefficient (Wildman–Crippen LogP) is 4.33. The predicted molar refractivity (Wildman–Crippen MR) is 153 cm³/mol. The standard InChI is InChI=1S/C30H36N6O5/c1-4-41-30(38)25-18-35(23-13-11-21(12-14-23)26-17-27-31-15-8-16-34(27)32-26)33-28(25)36(24(19-39-2)20-40-3)29(37)22-9-6-5-7-10-22/h8,11-18,22,24H,4-7,9-10,19-20H2,1-3H3. The summed E-state index contributed by atoms with van der Waals surface area (Å²) in [5, 5.41) is 9.39. The Hall–Kier alpha value is -4.09. The Balaban J connectivity index is 1.54. The molecule has 41 heavy (non-hydrogen) atoms. The Morgan fingerprint density at radius 2 is 1.78 bits per heavy atom. The fraction of sp³-hybridized carbons (Fsp3) is 0.433. The Kier molecular flexibility index (Phi) is 9.05. The molecular formula is C30H36N6O5. The van der Waals surface area contributed by atoms with Gasteiger partial charge in [0, 0.05) is 50.4 Å². The molecule has 11 heteroatoms. The number of hydrogen-bond acceptors (Lipinski definition) is 8. The van der Waals surface area contributed by atoms with Crippen LogP contribution in [0.1, 0.15) is 49.4 Å². The molecule has 0 aliphatic heterocycles. The smallest absolute Gasteiger partial charge is 0.343 e. The number of rotatable bonds is 11. The van der Waals surface area contributed by atoms with E-state index < -0.39 is 12.0 Å². The maximum absolute atomic E-state index is 14.0. The molecule has 0 unspecified atom stereocenters.